The number of carbonyl (C=O) groups excluding carboxylic acids is 2. The molecule has 35 heavy (non-hydrogen) atoms. The van der Waals surface area contributed by atoms with Crippen molar-refractivity contribution in [1.29, 1.82) is 0 Å². The molecule has 1 N–H and O–H groups in total. The molecule has 0 heterocycles. The highest BCUT2D eigenvalue weighted by molar-refractivity contribution is 7.92. The number of hydrogen-bond acceptors (Lipinski definition) is 5. The first-order chi connectivity index (χ1) is 16.4. The monoisotopic (exact) mass is 543 g/mol. The molecular weight excluding hydrogens is 513 g/mol. The van der Waals surface area contributed by atoms with Crippen molar-refractivity contribution in [1.82, 2.24) is 10.2 Å². The molecule has 0 aliphatic carbocycles. The zero-order valence-electron chi connectivity index (χ0n) is 20.5. The predicted molar refractivity (Wildman–Crippen MR) is 140 cm³/mol. The van der Waals surface area contributed by atoms with E-state index in [1.807, 2.05) is 6.92 Å². The molecular formula is C24H31Cl2N3O5S. The summed E-state index contributed by atoms with van der Waals surface area (Å²) < 4.78 is 31.9. The maximum atomic E-state index is 13.7. The van der Waals surface area contributed by atoms with Gasteiger partial charge in [-0.25, -0.2) is 8.42 Å². The molecule has 192 valence electrons. The minimum Gasteiger partial charge on any atom is -0.495 e. The summed E-state index contributed by atoms with van der Waals surface area (Å²) in [7, 11) is -2.45. The minimum atomic E-state index is -3.88. The molecule has 2 aromatic carbocycles. The largest absolute Gasteiger partial charge is 0.495 e. The molecule has 0 unspecified atom stereocenters. The van der Waals surface area contributed by atoms with Crippen LogP contribution in [0.1, 0.15) is 31.4 Å². The number of benzene rings is 2. The number of rotatable bonds is 11. The van der Waals surface area contributed by atoms with E-state index in [1.165, 1.54) is 12.0 Å². The molecule has 0 saturated carbocycles. The van der Waals surface area contributed by atoms with Crippen LogP contribution in [0.3, 0.4) is 0 Å². The second kappa shape index (κ2) is 12.5. The Morgan fingerprint density at radius 1 is 1.09 bits per heavy atom. The lowest BCUT2D eigenvalue weighted by Gasteiger charge is -2.33. The van der Waals surface area contributed by atoms with Crippen LogP contribution in [0, 0.1) is 6.92 Å². The average molecular weight is 545 g/mol. The van der Waals surface area contributed by atoms with Gasteiger partial charge in [-0.1, -0.05) is 42.3 Å². The summed E-state index contributed by atoms with van der Waals surface area (Å²) in [5, 5.41) is 3.42. The summed E-state index contributed by atoms with van der Waals surface area (Å²) in [6, 6.07) is 9.17. The maximum Gasteiger partial charge on any atom is 0.244 e. The molecule has 8 nitrogen and oxygen atoms in total. The first-order valence-electron chi connectivity index (χ1n) is 11.1. The van der Waals surface area contributed by atoms with Crippen molar-refractivity contribution in [3.63, 3.8) is 0 Å². The summed E-state index contributed by atoms with van der Waals surface area (Å²) in [4.78, 5) is 27.9. The molecule has 0 aliphatic rings. The Morgan fingerprint density at radius 2 is 1.77 bits per heavy atom. The standard InChI is InChI=1S/C24H31Cl2N3O5S/c1-6-20(24(31)27-7-2)28(14-17-9-10-18(25)19(26)13-17)23(30)15-29(35(5,32)33)21-12-16(3)8-11-22(21)34-4/h8-13,20H,6-7,14-15H2,1-5H3,(H,27,31)/t20-/m1/s1. The molecule has 2 amide bonds. The Hall–Kier alpha value is -2.49. The van der Waals surface area contributed by atoms with Crippen molar-refractivity contribution in [3.05, 3.63) is 57.6 Å². The summed E-state index contributed by atoms with van der Waals surface area (Å²) in [5.41, 5.74) is 1.68. The van der Waals surface area contributed by atoms with E-state index in [2.05, 4.69) is 5.32 Å². The van der Waals surface area contributed by atoms with Crippen LogP contribution in [0.4, 0.5) is 5.69 Å². The van der Waals surface area contributed by atoms with E-state index >= 15 is 0 Å². The number of nitrogens with one attached hydrogen (secondary N) is 1. The fourth-order valence-electron chi connectivity index (χ4n) is 3.64. The normalized spacial score (nSPS) is 12.1. The van der Waals surface area contributed by atoms with E-state index in [0.717, 1.165) is 16.1 Å². The van der Waals surface area contributed by atoms with Gasteiger partial charge in [0, 0.05) is 13.1 Å². The molecule has 0 spiro atoms. The topological polar surface area (TPSA) is 96.0 Å². The number of amides is 2. The molecule has 0 aromatic heterocycles. The zero-order chi connectivity index (χ0) is 26.3. The number of likely N-dealkylation sites (N-methyl/N-ethyl adjacent to an activating group) is 1. The van der Waals surface area contributed by atoms with Gasteiger partial charge in [-0.3, -0.25) is 13.9 Å². The lowest BCUT2D eigenvalue weighted by Crippen LogP contribution is -2.52. The van der Waals surface area contributed by atoms with Crippen LogP contribution >= 0.6 is 23.2 Å². The second-order valence-electron chi connectivity index (χ2n) is 8.03. The summed E-state index contributed by atoms with van der Waals surface area (Å²) in [6.45, 7) is 5.28. The number of hydrogen-bond donors (Lipinski definition) is 1. The van der Waals surface area contributed by atoms with Crippen LogP contribution in [0.5, 0.6) is 5.75 Å². The Labute approximate surface area is 217 Å². The zero-order valence-corrected chi connectivity index (χ0v) is 22.8. The molecule has 1 atom stereocenters. The molecule has 11 heteroatoms. The number of aryl methyl sites for hydroxylation is 1. The first-order valence-corrected chi connectivity index (χ1v) is 13.7. The Bertz CT molecular complexity index is 1170. The predicted octanol–water partition coefficient (Wildman–Crippen LogP) is 4.02. The third-order valence-corrected chi connectivity index (χ3v) is 7.22. The Balaban J connectivity index is 2.52. The quantitative estimate of drug-likeness (QED) is 0.461. The molecule has 0 saturated heterocycles. The van der Waals surface area contributed by atoms with Crippen LogP contribution in [0.2, 0.25) is 10.0 Å². The Morgan fingerprint density at radius 3 is 2.31 bits per heavy atom. The van der Waals surface area contributed by atoms with Gasteiger partial charge in [0.25, 0.3) is 0 Å². The van der Waals surface area contributed by atoms with Gasteiger partial charge >= 0.3 is 0 Å². The van der Waals surface area contributed by atoms with Crippen molar-refractivity contribution >= 4 is 50.7 Å². The summed E-state index contributed by atoms with van der Waals surface area (Å²) in [5.74, 6) is -0.578. The van der Waals surface area contributed by atoms with Crippen molar-refractivity contribution in [2.75, 3.05) is 30.8 Å². The third-order valence-electron chi connectivity index (χ3n) is 5.36. The van der Waals surface area contributed by atoms with Gasteiger partial charge in [-0.05, 0) is 55.7 Å². The van der Waals surface area contributed by atoms with E-state index in [-0.39, 0.29) is 18.1 Å². The number of anilines is 1. The van der Waals surface area contributed by atoms with E-state index in [9.17, 15) is 18.0 Å². The van der Waals surface area contributed by atoms with Gasteiger partial charge in [0.05, 0.1) is 29.1 Å². The molecule has 2 rings (SSSR count). The Kier molecular flexibility index (Phi) is 10.2. The van der Waals surface area contributed by atoms with Gasteiger partial charge in [0.2, 0.25) is 21.8 Å². The number of methoxy groups -OCH3 is 1. The number of sulfonamides is 1. The van der Waals surface area contributed by atoms with Crippen LogP contribution in [0.25, 0.3) is 0 Å². The van der Waals surface area contributed by atoms with E-state index in [4.69, 9.17) is 27.9 Å². The fraction of sp³-hybridized carbons (Fsp3) is 0.417. The third kappa shape index (κ3) is 7.49. The van der Waals surface area contributed by atoms with Gasteiger partial charge in [-0.15, -0.1) is 0 Å². The van der Waals surface area contributed by atoms with E-state index in [0.29, 0.717) is 34.3 Å². The fourth-order valence-corrected chi connectivity index (χ4v) is 4.80. The highest BCUT2D eigenvalue weighted by Crippen LogP contribution is 2.31. The summed E-state index contributed by atoms with van der Waals surface area (Å²) in [6.07, 6.45) is 1.35. The van der Waals surface area contributed by atoms with Gasteiger partial charge in [0.1, 0.15) is 18.3 Å². The van der Waals surface area contributed by atoms with E-state index < -0.39 is 28.5 Å². The minimum absolute atomic E-state index is 0.0356. The molecule has 0 fully saturated rings. The lowest BCUT2D eigenvalue weighted by molar-refractivity contribution is -0.140. The van der Waals surface area contributed by atoms with Crippen molar-refractivity contribution < 1.29 is 22.7 Å². The average Bonchev–Trinajstić information content (AvgIpc) is 2.79. The first kappa shape index (κ1) is 28.7. The SMILES string of the molecule is CCNC(=O)[C@@H](CC)N(Cc1ccc(Cl)c(Cl)c1)C(=O)CN(c1cc(C)ccc1OC)S(C)(=O)=O. The lowest BCUT2D eigenvalue weighted by atomic mass is 10.1. The van der Waals surface area contributed by atoms with Crippen molar-refractivity contribution in [3.8, 4) is 5.75 Å². The van der Waals surface area contributed by atoms with Crippen molar-refractivity contribution in [2.45, 2.75) is 39.8 Å². The van der Waals surface area contributed by atoms with Crippen LogP contribution in [-0.2, 0) is 26.2 Å². The van der Waals surface area contributed by atoms with Crippen molar-refractivity contribution in [2.24, 2.45) is 0 Å². The highest BCUT2D eigenvalue weighted by Gasteiger charge is 2.32. The van der Waals surface area contributed by atoms with Crippen LogP contribution in [-0.4, -0.2) is 57.6 Å². The number of halogens is 2. The molecule has 0 bridgehead atoms. The summed E-state index contributed by atoms with van der Waals surface area (Å²) >= 11 is 12.2. The second-order valence-corrected chi connectivity index (χ2v) is 10.8. The molecule has 0 aliphatic heterocycles. The maximum absolute atomic E-state index is 13.7. The van der Waals surface area contributed by atoms with E-state index in [1.54, 1.807) is 50.2 Å². The van der Waals surface area contributed by atoms with Gasteiger partial charge in [-0.2, -0.15) is 0 Å². The van der Waals surface area contributed by atoms with Gasteiger partial charge in [0.15, 0.2) is 0 Å². The number of ether oxygens (including phenoxy) is 1. The number of nitrogens with zero attached hydrogens (tertiary/aromatic N) is 2. The molecule has 0 radical (unpaired) electrons. The van der Waals surface area contributed by atoms with Gasteiger partial charge < -0.3 is 15.0 Å². The van der Waals surface area contributed by atoms with Crippen LogP contribution in [0.15, 0.2) is 36.4 Å². The molecule has 2 aromatic rings. The smallest absolute Gasteiger partial charge is 0.244 e. The highest BCUT2D eigenvalue weighted by atomic mass is 35.5. The van der Waals surface area contributed by atoms with Crippen LogP contribution < -0.4 is 14.4 Å². The number of carbonyl (C=O) groups is 2.